The van der Waals surface area contributed by atoms with E-state index in [9.17, 15) is 9.90 Å². The van der Waals surface area contributed by atoms with Crippen molar-refractivity contribution in [3.63, 3.8) is 0 Å². The van der Waals surface area contributed by atoms with Gasteiger partial charge in [0.05, 0.1) is 17.6 Å². The average Bonchev–Trinajstić information content (AvgIpc) is 2.40. The zero-order valence-corrected chi connectivity index (χ0v) is 10.4. The van der Waals surface area contributed by atoms with E-state index in [1.54, 1.807) is 18.2 Å². The highest BCUT2D eigenvalue weighted by molar-refractivity contribution is 5.93. The molecule has 4 heteroatoms. The van der Waals surface area contributed by atoms with Crippen LogP contribution in [0.4, 0.5) is 0 Å². The average molecular weight is 255 g/mol. The Morgan fingerprint density at radius 1 is 1.11 bits per heavy atom. The fourth-order valence-electron chi connectivity index (χ4n) is 2.20. The summed E-state index contributed by atoms with van der Waals surface area (Å²) in [4.78, 5) is 15.5. The zero-order valence-electron chi connectivity index (χ0n) is 10.4. The molecule has 0 aliphatic carbocycles. The van der Waals surface area contributed by atoms with Gasteiger partial charge in [0.15, 0.2) is 5.43 Å². The minimum absolute atomic E-state index is 0.0645. The zero-order chi connectivity index (χ0) is 13.4. The molecule has 0 bridgehead atoms. The number of aromatic hydroxyl groups is 1. The molecule has 0 radical (unpaired) electrons. The van der Waals surface area contributed by atoms with Crippen molar-refractivity contribution in [2.45, 2.75) is 6.92 Å². The molecular weight excluding hydrogens is 242 g/mol. The van der Waals surface area contributed by atoms with Crippen LogP contribution in [0, 0.1) is 0 Å². The molecule has 19 heavy (non-hydrogen) atoms. The third kappa shape index (κ3) is 1.91. The minimum Gasteiger partial charge on any atom is -0.508 e. The van der Waals surface area contributed by atoms with E-state index in [2.05, 4.69) is 4.98 Å². The quantitative estimate of drug-likeness (QED) is 0.692. The van der Waals surface area contributed by atoms with Crippen LogP contribution in [0.3, 0.4) is 0 Å². The molecule has 0 aliphatic heterocycles. The number of aromatic nitrogens is 1. The van der Waals surface area contributed by atoms with E-state index >= 15 is 0 Å². The fraction of sp³-hybridized carbons (Fsp3) is 0.133. The standard InChI is InChI=1S/C15H13NO3/c1-2-19-10-4-6-13-12(8-10)15(18)11-5-3-9(17)7-14(11)16-13/h3-8,17H,2H2,1H3,(H,16,18). The number of phenolic OH excluding ortho intramolecular Hbond substituents is 1. The first kappa shape index (κ1) is 11.6. The maximum absolute atomic E-state index is 12.4. The van der Waals surface area contributed by atoms with Crippen molar-refractivity contribution in [1.29, 1.82) is 0 Å². The second-order valence-electron chi connectivity index (χ2n) is 4.32. The van der Waals surface area contributed by atoms with Gasteiger partial charge in [-0.15, -0.1) is 0 Å². The van der Waals surface area contributed by atoms with Crippen LogP contribution in [0.15, 0.2) is 41.2 Å². The van der Waals surface area contributed by atoms with Crippen LogP contribution in [-0.2, 0) is 0 Å². The molecular formula is C15H13NO3. The highest BCUT2D eigenvalue weighted by Gasteiger charge is 2.07. The Labute approximate surface area is 109 Å². The molecule has 96 valence electrons. The van der Waals surface area contributed by atoms with Crippen LogP contribution in [0.2, 0.25) is 0 Å². The van der Waals surface area contributed by atoms with E-state index in [-0.39, 0.29) is 11.2 Å². The van der Waals surface area contributed by atoms with Gasteiger partial charge >= 0.3 is 0 Å². The van der Waals surface area contributed by atoms with Gasteiger partial charge in [0.25, 0.3) is 0 Å². The fourth-order valence-corrected chi connectivity index (χ4v) is 2.20. The van der Waals surface area contributed by atoms with Gasteiger partial charge in [-0.25, -0.2) is 0 Å². The first-order chi connectivity index (χ1) is 9.19. The molecule has 1 heterocycles. The van der Waals surface area contributed by atoms with Gasteiger partial charge in [0, 0.05) is 16.8 Å². The molecule has 4 nitrogen and oxygen atoms in total. The number of aromatic amines is 1. The number of hydrogen-bond acceptors (Lipinski definition) is 3. The molecule has 0 saturated heterocycles. The summed E-state index contributed by atoms with van der Waals surface area (Å²) in [6, 6.07) is 10.0. The van der Waals surface area contributed by atoms with E-state index in [0.717, 1.165) is 5.52 Å². The highest BCUT2D eigenvalue weighted by atomic mass is 16.5. The van der Waals surface area contributed by atoms with E-state index in [1.807, 2.05) is 19.1 Å². The Balaban J connectivity index is 2.37. The van der Waals surface area contributed by atoms with Gasteiger partial charge in [-0.1, -0.05) is 0 Å². The molecule has 0 aliphatic rings. The van der Waals surface area contributed by atoms with Crippen LogP contribution in [0.5, 0.6) is 11.5 Å². The number of rotatable bonds is 2. The Morgan fingerprint density at radius 3 is 2.74 bits per heavy atom. The highest BCUT2D eigenvalue weighted by Crippen LogP contribution is 2.22. The van der Waals surface area contributed by atoms with Gasteiger partial charge < -0.3 is 14.8 Å². The summed E-state index contributed by atoms with van der Waals surface area (Å²) in [5.74, 6) is 0.812. The number of pyridine rings is 1. The number of H-pyrrole nitrogens is 1. The number of hydrogen-bond donors (Lipinski definition) is 2. The molecule has 0 fully saturated rings. The molecule has 0 atom stereocenters. The summed E-state index contributed by atoms with van der Waals surface area (Å²) in [5, 5.41) is 10.6. The number of ether oxygens (including phenoxy) is 1. The summed E-state index contributed by atoms with van der Waals surface area (Å²) in [7, 11) is 0. The van der Waals surface area contributed by atoms with Crippen molar-refractivity contribution in [3.05, 3.63) is 46.6 Å². The third-order valence-electron chi connectivity index (χ3n) is 3.06. The molecule has 3 rings (SSSR count). The molecule has 3 aromatic rings. The van der Waals surface area contributed by atoms with Crippen molar-refractivity contribution < 1.29 is 9.84 Å². The lowest BCUT2D eigenvalue weighted by Crippen LogP contribution is -2.04. The Bertz CT molecular complexity index is 821. The second kappa shape index (κ2) is 4.31. The summed E-state index contributed by atoms with van der Waals surface area (Å²) >= 11 is 0. The molecule has 2 aromatic carbocycles. The van der Waals surface area contributed by atoms with Crippen LogP contribution < -0.4 is 10.2 Å². The van der Waals surface area contributed by atoms with E-state index < -0.39 is 0 Å². The summed E-state index contributed by atoms with van der Waals surface area (Å²) in [6.07, 6.45) is 0. The van der Waals surface area contributed by atoms with Gasteiger partial charge in [0.2, 0.25) is 0 Å². The Kier molecular flexibility index (Phi) is 2.63. The number of nitrogens with one attached hydrogen (secondary N) is 1. The van der Waals surface area contributed by atoms with Gasteiger partial charge in [0.1, 0.15) is 11.5 Å². The van der Waals surface area contributed by atoms with Crippen molar-refractivity contribution in [2.75, 3.05) is 6.61 Å². The second-order valence-corrected chi connectivity index (χ2v) is 4.32. The molecule has 1 aromatic heterocycles. The van der Waals surface area contributed by atoms with E-state index in [1.165, 1.54) is 6.07 Å². The van der Waals surface area contributed by atoms with Crippen LogP contribution in [-0.4, -0.2) is 16.7 Å². The minimum atomic E-state index is -0.0645. The Morgan fingerprint density at radius 2 is 1.95 bits per heavy atom. The van der Waals surface area contributed by atoms with Gasteiger partial charge in [-0.3, -0.25) is 4.79 Å². The van der Waals surface area contributed by atoms with Crippen molar-refractivity contribution in [2.24, 2.45) is 0 Å². The van der Waals surface area contributed by atoms with E-state index in [4.69, 9.17) is 4.74 Å². The van der Waals surface area contributed by atoms with Crippen molar-refractivity contribution in [3.8, 4) is 11.5 Å². The molecule has 0 spiro atoms. The van der Waals surface area contributed by atoms with Crippen LogP contribution in [0.1, 0.15) is 6.92 Å². The number of fused-ring (bicyclic) bond motifs is 2. The summed E-state index contributed by atoms with van der Waals surface area (Å²) in [6.45, 7) is 2.46. The maximum atomic E-state index is 12.4. The lowest BCUT2D eigenvalue weighted by molar-refractivity contribution is 0.340. The van der Waals surface area contributed by atoms with Crippen molar-refractivity contribution in [1.82, 2.24) is 4.98 Å². The number of phenols is 1. The molecule has 0 saturated carbocycles. The van der Waals surface area contributed by atoms with E-state index in [0.29, 0.717) is 28.6 Å². The third-order valence-corrected chi connectivity index (χ3v) is 3.06. The van der Waals surface area contributed by atoms with Crippen LogP contribution >= 0.6 is 0 Å². The first-order valence-electron chi connectivity index (χ1n) is 6.10. The lowest BCUT2D eigenvalue weighted by atomic mass is 10.1. The first-order valence-corrected chi connectivity index (χ1v) is 6.10. The normalized spacial score (nSPS) is 11.0. The van der Waals surface area contributed by atoms with Crippen LogP contribution in [0.25, 0.3) is 21.8 Å². The predicted octanol–water partition coefficient (Wildman–Crippen LogP) is 2.79. The van der Waals surface area contributed by atoms with Gasteiger partial charge in [-0.05, 0) is 37.3 Å². The maximum Gasteiger partial charge on any atom is 0.197 e. The largest absolute Gasteiger partial charge is 0.508 e. The molecule has 2 N–H and O–H groups in total. The predicted molar refractivity (Wildman–Crippen MR) is 74.9 cm³/mol. The lowest BCUT2D eigenvalue weighted by Gasteiger charge is -2.06. The SMILES string of the molecule is CCOc1ccc2[nH]c3cc(O)ccc3c(=O)c2c1. The summed E-state index contributed by atoms with van der Waals surface area (Å²) in [5.41, 5.74) is 1.29. The summed E-state index contributed by atoms with van der Waals surface area (Å²) < 4.78 is 5.41. The molecule has 0 unspecified atom stereocenters. The molecule has 0 amide bonds. The number of benzene rings is 2. The topological polar surface area (TPSA) is 62.3 Å². The van der Waals surface area contributed by atoms with Gasteiger partial charge in [-0.2, -0.15) is 0 Å². The Hall–Kier alpha value is -2.49. The smallest absolute Gasteiger partial charge is 0.197 e. The monoisotopic (exact) mass is 255 g/mol. The van der Waals surface area contributed by atoms with Crippen molar-refractivity contribution >= 4 is 21.8 Å².